The number of phenolic OH excluding ortho intramolecular Hbond substituents is 1. The second-order valence-electron chi connectivity index (χ2n) is 4.38. The van der Waals surface area contributed by atoms with Gasteiger partial charge in [0.15, 0.2) is 0 Å². The van der Waals surface area contributed by atoms with Gasteiger partial charge < -0.3 is 9.84 Å². The lowest BCUT2D eigenvalue weighted by atomic mass is 10.1. The van der Waals surface area contributed by atoms with Gasteiger partial charge in [-0.1, -0.05) is 15.9 Å². The van der Waals surface area contributed by atoms with Crippen molar-refractivity contribution in [2.45, 2.75) is 19.4 Å². The first kappa shape index (κ1) is 12.9. The summed E-state index contributed by atoms with van der Waals surface area (Å²) in [5.41, 5.74) is 0.973. The lowest BCUT2D eigenvalue weighted by Gasteiger charge is -2.27. The zero-order valence-corrected chi connectivity index (χ0v) is 11.6. The van der Waals surface area contributed by atoms with E-state index in [9.17, 15) is 5.11 Å². The van der Waals surface area contributed by atoms with Crippen molar-refractivity contribution in [1.82, 2.24) is 4.90 Å². The van der Waals surface area contributed by atoms with Crippen LogP contribution in [0.25, 0.3) is 0 Å². The van der Waals surface area contributed by atoms with Crippen molar-refractivity contribution in [3.05, 3.63) is 28.2 Å². The summed E-state index contributed by atoms with van der Waals surface area (Å²) in [4.78, 5) is 2.36. The van der Waals surface area contributed by atoms with Crippen molar-refractivity contribution in [1.29, 1.82) is 0 Å². The predicted molar refractivity (Wildman–Crippen MR) is 71.2 cm³/mol. The van der Waals surface area contributed by atoms with Crippen molar-refractivity contribution in [2.75, 3.05) is 26.3 Å². The molecule has 1 aromatic rings. The van der Waals surface area contributed by atoms with Gasteiger partial charge in [-0.2, -0.15) is 0 Å². The summed E-state index contributed by atoms with van der Waals surface area (Å²) in [7, 11) is 0. The molecule has 3 nitrogen and oxygen atoms in total. The minimum atomic E-state index is 0.217. The summed E-state index contributed by atoms with van der Waals surface area (Å²) in [5.74, 6) is 0.367. The molecular weight excluding hydrogens is 282 g/mol. The van der Waals surface area contributed by atoms with Crippen LogP contribution in [0, 0.1) is 0 Å². The van der Waals surface area contributed by atoms with E-state index in [4.69, 9.17) is 4.74 Å². The molecule has 94 valence electrons. The molecule has 1 N–H and O–H groups in total. The maximum Gasteiger partial charge on any atom is 0.120 e. The molecule has 0 bridgehead atoms. The standard InChI is InChI=1S/C13H18BrNO2/c1-10(15-5-2-7-17-8-6-15)12-9-11(14)3-4-13(12)16/h3-4,9-10,16H,2,5-8H2,1H3. The van der Waals surface area contributed by atoms with Crippen molar-refractivity contribution < 1.29 is 9.84 Å². The monoisotopic (exact) mass is 299 g/mol. The Morgan fingerprint density at radius 1 is 1.35 bits per heavy atom. The molecule has 0 radical (unpaired) electrons. The third-order valence-corrected chi connectivity index (χ3v) is 3.74. The van der Waals surface area contributed by atoms with Gasteiger partial charge in [-0.05, 0) is 31.5 Å². The highest BCUT2D eigenvalue weighted by Crippen LogP contribution is 2.31. The minimum absolute atomic E-state index is 0.217. The highest BCUT2D eigenvalue weighted by atomic mass is 79.9. The number of hydrogen-bond acceptors (Lipinski definition) is 3. The average Bonchev–Trinajstić information content (AvgIpc) is 2.60. The van der Waals surface area contributed by atoms with Crippen molar-refractivity contribution in [2.24, 2.45) is 0 Å². The lowest BCUT2D eigenvalue weighted by Crippen LogP contribution is -2.29. The first-order chi connectivity index (χ1) is 8.18. The SMILES string of the molecule is CC(c1cc(Br)ccc1O)N1CCCOCC1. The molecule has 0 saturated carbocycles. The van der Waals surface area contributed by atoms with Gasteiger partial charge in [-0.25, -0.2) is 0 Å². The maximum atomic E-state index is 9.93. The van der Waals surface area contributed by atoms with Crippen LogP contribution in [0.4, 0.5) is 0 Å². The molecule has 1 aromatic carbocycles. The summed E-state index contributed by atoms with van der Waals surface area (Å²) in [6, 6.07) is 5.81. The van der Waals surface area contributed by atoms with E-state index >= 15 is 0 Å². The van der Waals surface area contributed by atoms with Crippen molar-refractivity contribution in [3.8, 4) is 5.75 Å². The molecule has 0 amide bonds. The molecule has 2 rings (SSSR count). The maximum absolute atomic E-state index is 9.93. The van der Waals surface area contributed by atoms with Crippen LogP contribution < -0.4 is 0 Å². The highest BCUT2D eigenvalue weighted by molar-refractivity contribution is 9.10. The Labute approximate surface area is 111 Å². The summed E-state index contributed by atoms with van der Waals surface area (Å²) in [5, 5.41) is 9.93. The Bertz CT molecular complexity index is 376. The van der Waals surface area contributed by atoms with Crippen LogP contribution in [0.1, 0.15) is 24.9 Å². The lowest BCUT2D eigenvalue weighted by molar-refractivity contribution is 0.133. The van der Waals surface area contributed by atoms with Gasteiger partial charge in [0.1, 0.15) is 5.75 Å². The van der Waals surface area contributed by atoms with Crippen molar-refractivity contribution >= 4 is 15.9 Å². The van der Waals surface area contributed by atoms with Crippen LogP contribution in [-0.2, 0) is 4.74 Å². The van der Waals surface area contributed by atoms with E-state index in [2.05, 4.69) is 27.8 Å². The fourth-order valence-electron chi connectivity index (χ4n) is 2.21. The third-order valence-electron chi connectivity index (χ3n) is 3.24. The summed E-state index contributed by atoms with van der Waals surface area (Å²) in [6.07, 6.45) is 1.05. The summed E-state index contributed by atoms with van der Waals surface area (Å²) >= 11 is 3.45. The second kappa shape index (κ2) is 5.85. The first-order valence-electron chi connectivity index (χ1n) is 5.98. The zero-order valence-electron chi connectivity index (χ0n) is 10.0. The number of rotatable bonds is 2. The van der Waals surface area contributed by atoms with Gasteiger partial charge in [0.05, 0.1) is 6.61 Å². The van der Waals surface area contributed by atoms with E-state index in [1.807, 2.05) is 12.1 Å². The Balaban J connectivity index is 2.16. The van der Waals surface area contributed by atoms with Crippen LogP contribution in [0.5, 0.6) is 5.75 Å². The molecule has 1 fully saturated rings. The molecule has 17 heavy (non-hydrogen) atoms. The molecule has 1 atom stereocenters. The van der Waals surface area contributed by atoms with E-state index < -0.39 is 0 Å². The van der Waals surface area contributed by atoms with Gasteiger partial charge in [0.25, 0.3) is 0 Å². The van der Waals surface area contributed by atoms with Crippen LogP contribution in [0.3, 0.4) is 0 Å². The molecule has 1 unspecified atom stereocenters. The van der Waals surface area contributed by atoms with Crippen LogP contribution >= 0.6 is 15.9 Å². The first-order valence-corrected chi connectivity index (χ1v) is 6.78. The Morgan fingerprint density at radius 2 is 2.18 bits per heavy atom. The molecule has 4 heteroatoms. The third kappa shape index (κ3) is 3.21. The molecule has 1 saturated heterocycles. The smallest absolute Gasteiger partial charge is 0.120 e. The Morgan fingerprint density at radius 3 is 3.00 bits per heavy atom. The molecule has 1 aliphatic rings. The minimum Gasteiger partial charge on any atom is -0.508 e. The van der Waals surface area contributed by atoms with Gasteiger partial charge in [0, 0.05) is 35.8 Å². The normalized spacial score (nSPS) is 19.9. The number of phenols is 1. The molecule has 0 aromatic heterocycles. The molecular formula is C13H18BrNO2. The number of aromatic hydroxyl groups is 1. The van der Waals surface area contributed by atoms with E-state index in [0.717, 1.165) is 42.8 Å². The number of hydrogen-bond donors (Lipinski definition) is 1. The largest absolute Gasteiger partial charge is 0.508 e. The van der Waals surface area contributed by atoms with E-state index in [-0.39, 0.29) is 6.04 Å². The fourth-order valence-corrected chi connectivity index (χ4v) is 2.59. The quantitative estimate of drug-likeness (QED) is 0.911. The summed E-state index contributed by atoms with van der Waals surface area (Å²) in [6.45, 7) is 5.69. The number of ether oxygens (including phenoxy) is 1. The predicted octanol–water partition coefficient (Wildman–Crippen LogP) is 2.94. The molecule has 1 aliphatic heterocycles. The summed E-state index contributed by atoms with van der Waals surface area (Å²) < 4.78 is 6.45. The molecule has 0 aliphatic carbocycles. The number of nitrogens with zero attached hydrogens (tertiary/aromatic N) is 1. The average molecular weight is 300 g/mol. The van der Waals surface area contributed by atoms with Crippen LogP contribution in [-0.4, -0.2) is 36.3 Å². The van der Waals surface area contributed by atoms with Gasteiger partial charge in [0.2, 0.25) is 0 Å². The van der Waals surface area contributed by atoms with Gasteiger partial charge >= 0.3 is 0 Å². The van der Waals surface area contributed by atoms with Gasteiger partial charge in [-0.15, -0.1) is 0 Å². The second-order valence-corrected chi connectivity index (χ2v) is 5.30. The Kier molecular flexibility index (Phi) is 4.42. The highest BCUT2D eigenvalue weighted by Gasteiger charge is 2.20. The number of benzene rings is 1. The van der Waals surface area contributed by atoms with E-state index in [1.165, 1.54) is 0 Å². The van der Waals surface area contributed by atoms with Crippen molar-refractivity contribution in [3.63, 3.8) is 0 Å². The Hall–Kier alpha value is -0.580. The zero-order chi connectivity index (χ0) is 12.3. The van der Waals surface area contributed by atoms with Crippen LogP contribution in [0.15, 0.2) is 22.7 Å². The number of halogens is 1. The van der Waals surface area contributed by atoms with Crippen LogP contribution in [0.2, 0.25) is 0 Å². The topological polar surface area (TPSA) is 32.7 Å². The van der Waals surface area contributed by atoms with Gasteiger partial charge in [-0.3, -0.25) is 4.90 Å². The molecule has 1 heterocycles. The molecule has 0 spiro atoms. The van der Waals surface area contributed by atoms with E-state index in [1.54, 1.807) is 6.07 Å². The fraction of sp³-hybridized carbons (Fsp3) is 0.538. The van der Waals surface area contributed by atoms with E-state index in [0.29, 0.717) is 5.75 Å².